The maximum absolute atomic E-state index is 13.6. The zero-order valence-corrected chi connectivity index (χ0v) is 19.6. The Morgan fingerprint density at radius 2 is 1.82 bits per heavy atom. The van der Waals surface area contributed by atoms with Crippen molar-refractivity contribution >= 4 is 6.09 Å². The van der Waals surface area contributed by atoms with Crippen molar-refractivity contribution in [2.24, 2.45) is 5.92 Å². The molecular weight excluding hydrogens is 408 g/mol. The molecule has 3 fully saturated rings. The molecule has 2 bridgehead atoms. The summed E-state index contributed by atoms with van der Waals surface area (Å²) < 4.78 is 7.30. The van der Waals surface area contributed by atoms with Crippen molar-refractivity contribution in [1.82, 2.24) is 4.90 Å². The third kappa shape index (κ3) is 4.77. The first-order chi connectivity index (χ1) is 16.1. The van der Waals surface area contributed by atoms with Crippen LogP contribution in [0.3, 0.4) is 0 Å². The van der Waals surface area contributed by atoms with E-state index in [2.05, 4.69) is 86.0 Å². The van der Waals surface area contributed by atoms with E-state index in [1.165, 1.54) is 37.1 Å². The zero-order chi connectivity index (χ0) is 22.7. The Bertz CT molecular complexity index is 1020. The van der Waals surface area contributed by atoms with Gasteiger partial charge < -0.3 is 9.22 Å². The number of likely N-dealkylation sites (N-methyl/N-ethyl adjacent to an activating group) is 1. The molecule has 1 amide bonds. The first-order valence-corrected chi connectivity index (χ1v) is 12.4. The summed E-state index contributed by atoms with van der Waals surface area (Å²) in [6.45, 7) is 4.05. The maximum Gasteiger partial charge on any atom is 0.411 e. The number of nitrogens with zero attached hydrogens (tertiary/aromatic N) is 2. The van der Waals surface area contributed by atoms with Crippen LogP contribution in [0, 0.1) is 5.92 Å². The average Bonchev–Trinajstić information content (AvgIpc) is 2.89. The number of rotatable bonds is 2. The summed E-state index contributed by atoms with van der Waals surface area (Å²) in [6.07, 6.45) is 22.9. The number of benzene rings is 1. The SMILES string of the molecule is C[N+]12CCC(CC1)C(OC(=O)N1CCc3ccccc3C1C1=C/C=C\C=C/C/C=C\C=C\1)C2. The van der Waals surface area contributed by atoms with Gasteiger partial charge in [0.1, 0.15) is 6.54 Å². The first-order valence-electron chi connectivity index (χ1n) is 12.4. The fourth-order valence-corrected chi connectivity index (χ4v) is 5.83. The molecule has 1 aromatic rings. The van der Waals surface area contributed by atoms with Crippen molar-refractivity contribution < 1.29 is 14.0 Å². The molecule has 0 N–H and O–H groups in total. The highest BCUT2D eigenvalue weighted by molar-refractivity contribution is 5.70. The highest BCUT2D eigenvalue weighted by Gasteiger charge is 2.46. The predicted octanol–water partition coefficient (Wildman–Crippen LogP) is 5.52. The van der Waals surface area contributed by atoms with Gasteiger partial charge in [0.05, 0.1) is 26.2 Å². The Labute approximate surface area is 197 Å². The molecule has 4 nitrogen and oxygen atoms in total. The summed E-state index contributed by atoms with van der Waals surface area (Å²) in [5.74, 6) is 0.515. The summed E-state index contributed by atoms with van der Waals surface area (Å²) >= 11 is 0. The monoisotopic (exact) mass is 443 g/mol. The predicted molar refractivity (Wildman–Crippen MR) is 133 cm³/mol. The molecule has 5 aliphatic rings. The van der Waals surface area contributed by atoms with Crippen LogP contribution >= 0.6 is 0 Å². The van der Waals surface area contributed by atoms with Gasteiger partial charge in [-0.3, -0.25) is 4.90 Å². The molecule has 172 valence electrons. The number of piperidine rings is 3. The number of fused-ring (bicyclic) bond motifs is 4. The van der Waals surface area contributed by atoms with Crippen LogP contribution in [0.25, 0.3) is 0 Å². The topological polar surface area (TPSA) is 29.5 Å². The third-order valence-corrected chi connectivity index (χ3v) is 7.77. The van der Waals surface area contributed by atoms with Gasteiger partial charge in [-0.25, -0.2) is 4.79 Å². The summed E-state index contributed by atoms with van der Waals surface area (Å²) in [5.41, 5.74) is 3.62. The van der Waals surface area contributed by atoms with Crippen LogP contribution in [-0.2, 0) is 11.2 Å². The van der Waals surface area contributed by atoms with Crippen LogP contribution in [0.2, 0.25) is 0 Å². The fraction of sp³-hybridized carbons (Fsp3) is 0.414. The van der Waals surface area contributed by atoms with E-state index in [0.717, 1.165) is 29.4 Å². The van der Waals surface area contributed by atoms with Crippen molar-refractivity contribution in [3.05, 3.63) is 95.6 Å². The second kappa shape index (κ2) is 9.56. The molecule has 6 rings (SSSR count). The van der Waals surface area contributed by atoms with E-state index in [9.17, 15) is 4.79 Å². The minimum Gasteiger partial charge on any atom is -0.440 e. The maximum atomic E-state index is 13.6. The lowest BCUT2D eigenvalue weighted by atomic mass is 9.84. The van der Waals surface area contributed by atoms with E-state index in [-0.39, 0.29) is 18.2 Å². The lowest BCUT2D eigenvalue weighted by Crippen LogP contribution is -2.62. The quantitative estimate of drug-likeness (QED) is 0.564. The Morgan fingerprint density at radius 3 is 2.64 bits per heavy atom. The number of carbonyl (C=O) groups excluding carboxylic acids is 1. The smallest absolute Gasteiger partial charge is 0.411 e. The normalized spacial score (nSPS) is 36.5. The van der Waals surface area contributed by atoms with Gasteiger partial charge in [0, 0.05) is 25.3 Å². The van der Waals surface area contributed by atoms with Crippen molar-refractivity contribution in [2.75, 3.05) is 33.2 Å². The van der Waals surface area contributed by atoms with Gasteiger partial charge in [0.25, 0.3) is 0 Å². The number of carbonyl (C=O) groups is 1. The molecule has 0 spiro atoms. The van der Waals surface area contributed by atoms with Gasteiger partial charge in [0.2, 0.25) is 0 Å². The molecule has 3 saturated heterocycles. The minimum atomic E-state index is -0.164. The van der Waals surface area contributed by atoms with Crippen LogP contribution < -0.4 is 0 Å². The highest BCUT2D eigenvalue weighted by atomic mass is 16.6. The van der Waals surface area contributed by atoms with Crippen LogP contribution in [0.1, 0.15) is 36.4 Å². The summed E-state index contributed by atoms with van der Waals surface area (Å²) in [4.78, 5) is 15.6. The van der Waals surface area contributed by atoms with Crippen molar-refractivity contribution in [3.63, 3.8) is 0 Å². The molecule has 0 radical (unpaired) electrons. The van der Waals surface area contributed by atoms with Gasteiger partial charge in [-0.1, -0.05) is 78.9 Å². The largest absolute Gasteiger partial charge is 0.440 e. The number of amides is 1. The number of ether oxygens (including phenoxy) is 1. The molecule has 4 heterocycles. The number of quaternary nitrogens is 1. The van der Waals surface area contributed by atoms with Crippen molar-refractivity contribution in [1.29, 1.82) is 0 Å². The van der Waals surface area contributed by atoms with Crippen molar-refractivity contribution in [3.8, 4) is 0 Å². The fourth-order valence-electron chi connectivity index (χ4n) is 5.83. The molecule has 4 heteroatoms. The van der Waals surface area contributed by atoms with E-state index in [4.69, 9.17) is 4.74 Å². The molecule has 33 heavy (non-hydrogen) atoms. The average molecular weight is 444 g/mol. The standard InChI is InChI=1S/C29H35N2O2/c1-31-20-17-24(18-21-31)27(22-31)33-29(32)30-19-16-23-12-10-11-15-26(23)28(30)25-13-8-6-4-2-3-5-7-9-14-25/h2,4-15,24,27-28H,3,16-22H2,1H3/q+1/b4-2-,7-5-,8-6-,14-9+,25-13+. The van der Waals surface area contributed by atoms with Crippen LogP contribution in [-0.4, -0.2) is 54.8 Å². The summed E-state index contributed by atoms with van der Waals surface area (Å²) in [6, 6.07) is 8.38. The lowest BCUT2D eigenvalue weighted by molar-refractivity contribution is -0.928. The third-order valence-electron chi connectivity index (χ3n) is 7.77. The number of hydrogen-bond donors (Lipinski definition) is 0. The lowest BCUT2D eigenvalue weighted by Gasteiger charge is -2.50. The van der Waals surface area contributed by atoms with Crippen LogP contribution in [0.4, 0.5) is 4.79 Å². The second-order valence-electron chi connectivity index (χ2n) is 10.1. The van der Waals surface area contributed by atoms with Gasteiger partial charge in [-0.15, -0.1) is 0 Å². The Hall–Kier alpha value is -2.85. The Balaban J connectivity index is 1.45. The van der Waals surface area contributed by atoms with Gasteiger partial charge in [-0.05, 0) is 29.5 Å². The second-order valence-corrected chi connectivity index (χ2v) is 10.1. The van der Waals surface area contributed by atoms with E-state index in [1.807, 2.05) is 4.90 Å². The molecule has 2 unspecified atom stereocenters. The molecule has 2 atom stereocenters. The van der Waals surface area contributed by atoms with E-state index < -0.39 is 0 Å². The van der Waals surface area contributed by atoms with Crippen LogP contribution in [0.5, 0.6) is 0 Å². The Kier molecular flexibility index (Phi) is 6.37. The van der Waals surface area contributed by atoms with E-state index >= 15 is 0 Å². The molecule has 0 saturated carbocycles. The zero-order valence-electron chi connectivity index (χ0n) is 19.6. The van der Waals surface area contributed by atoms with Crippen LogP contribution in [0.15, 0.2) is 84.5 Å². The minimum absolute atomic E-state index is 0.0351. The first kappa shape index (κ1) is 22.0. The molecular formula is C29H35N2O2+. The van der Waals surface area contributed by atoms with E-state index in [1.54, 1.807) is 0 Å². The van der Waals surface area contributed by atoms with Crippen molar-refractivity contribution in [2.45, 2.75) is 37.8 Å². The van der Waals surface area contributed by atoms with E-state index in [0.29, 0.717) is 12.5 Å². The molecule has 0 aromatic heterocycles. The molecule has 1 aliphatic carbocycles. The molecule has 4 aliphatic heterocycles. The number of hydrogen-bond acceptors (Lipinski definition) is 2. The molecule has 1 aromatic carbocycles. The summed E-state index contributed by atoms with van der Waals surface area (Å²) in [7, 11) is 2.31. The summed E-state index contributed by atoms with van der Waals surface area (Å²) in [5, 5.41) is 0. The Morgan fingerprint density at radius 1 is 1.03 bits per heavy atom. The highest BCUT2D eigenvalue weighted by Crippen LogP contribution is 2.38. The van der Waals surface area contributed by atoms with Gasteiger partial charge in [-0.2, -0.15) is 0 Å². The van der Waals surface area contributed by atoms with Gasteiger partial charge >= 0.3 is 6.09 Å². The van der Waals surface area contributed by atoms with Gasteiger partial charge in [0.15, 0.2) is 6.10 Å². The number of allylic oxidation sites excluding steroid dienone is 8.